The lowest BCUT2D eigenvalue weighted by Gasteiger charge is -2.14. The minimum Gasteiger partial charge on any atom is -0.490 e. The van der Waals surface area contributed by atoms with Crippen molar-refractivity contribution in [2.45, 2.75) is 77.7 Å². The first-order valence-corrected chi connectivity index (χ1v) is 26.7. The molecule has 2 heterocycles. The SMILES string of the molecule is CC(C)Oc1ccc(-c2ncc(-c3cccc4c3CC[C@@H]4NS(=O)(=O)CC(=O)O)s2)cc1C#N.COC(=O)CS(=O)(=O)N[C@H]1CCc2c(-c3cnc(-c4ccc(OC(C)C)c(C#N)c4)s3)cccc21. The minimum absolute atomic E-state index is 0.0339. The second kappa shape index (κ2) is 21.4. The molecule has 16 nitrogen and oxygen atoms in total. The Morgan fingerprint density at radius 1 is 0.710 bits per heavy atom. The number of hydrogen-bond donors (Lipinski definition) is 3. The van der Waals surface area contributed by atoms with E-state index in [0.717, 1.165) is 71.4 Å². The molecule has 2 aliphatic rings. The molecule has 6 aromatic rings. The Labute approximate surface area is 408 Å². The quantitative estimate of drug-likeness (QED) is 0.0772. The molecule has 3 N–H and O–H groups in total. The third kappa shape index (κ3) is 12.2. The number of aromatic nitrogens is 2. The van der Waals surface area contributed by atoms with E-state index in [0.29, 0.717) is 48.3 Å². The summed E-state index contributed by atoms with van der Waals surface area (Å²) in [5, 5.41) is 29.4. The number of rotatable bonds is 16. The number of fused-ring (bicyclic) bond motifs is 2. The lowest BCUT2D eigenvalue weighted by Crippen LogP contribution is -2.33. The van der Waals surface area contributed by atoms with E-state index in [4.69, 9.17) is 14.6 Å². The number of hydrogen-bond acceptors (Lipinski definition) is 15. The number of aliphatic carboxylic acids is 1. The van der Waals surface area contributed by atoms with Crippen molar-refractivity contribution in [1.29, 1.82) is 10.5 Å². The second-order valence-electron chi connectivity index (χ2n) is 16.7. The molecular formula is C49H48N6O10S4. The summed E-state index contributed by atoms with van der Waals surface area (Å²) in [6.07, 6.45) is 6.02. The van der Waals surface area contributed by atoms with Gasteiger partial charge < -0.3 is 19.3 Å². The normalized spacial score (nSPS) is 15.1. The highest BCUT2D eigenvalue weighted by atomic mass is 32.2. The highest BCUT2D eigenvalue weighted by Crippen LogP contribution is 2.43. The average molecular weight is 1010 g/mol. The van der Waals surface area contributed by atoms with Crippen molar-refractivity contribution in [1.82, 2.24) is 19.4 Å². The van der Waals surface area contributed by atoms with E-state index < -0.39 is 55.6 Å². The predicted molar refractivity (Wildman–Crippen MR) is 263 cm³/mol. The van der Waals surface area contributed by atoms with Crippen LogP contribution in [-0.4, -0.2) is 74.7 Å². The summed E-state index contributed by atoms with van der Waals surface area (Å²) in [5.74, 6) is -2.77. The molecular weight excluding hydrogens is 961 g/mol. The van der Waals surface area contributed by atoms with E-state index >= 15 is 0 Å². The summed E-state index contributed by atoms with van der Waals surface area (Å²) < 4.78 is 70.0. The molecule has 0 unspecified atom stereocenters. The number of nitrogens with one attached hydrogen (secondary N) is 2. The van der Waals surface area contributed by atoms with Gasteiger partial charge in [0.1, 0.15) is 33.7 Å². The minimum atomic E-state index is -3.93. The number of benzene rings is 4. The first kappa shape index (κ1) is 50.4. The van der Waals surface area contributed by atoms with Crippen molar-refractivity contribution >= 4 is 54.7 Å². The van der Waals surface area contributed by atoms with Gasteiger partial charge >= 0.3 is 11.9 Å². The Hall–Kier alpha value is -6.52. The number of carboxylic acid groups (broad SMARTS) is 1. The molecule has 2 aliphatic carbocycles. The monoisotopic (exact) mass is 1010 g/mol. The second-order valence-corrected chi connectivity index (χ2v) is 22.3. The van der Waals surface area contributed by atoms with Crippen LogP contribution in [0.25, 0.3) is 42.0 Å². The van der Waals surface area contributed by atoms with E-state index in [9.17, 15) is 36.9 Å². The maximum absolute atomic E-state index is 12.4. The van der Waals surface area contributed by atoms with Crippen molar-refractivity contribution in [3.63, 3.8) is 0 Å². The van der Waals surface area contributed by atoms with Crippen LogP contribution in [0.5, 0.6) is 11.5 Å². The molecule has 0 fully saturated rings. The summed E-state index contributed by atoms with van der Waals surface area (Å²) in [7, 11) is -6.59. The molecule has 0 amide bonds. The summed E-state index contributed by atoms with van der Waals surface area (Å²) >= 11 is 3.00. The molecule has 358 valence electrons. The van der Waals surface area contributed by atoms with Crippen LogP contribution in [0.3, 0.4) is 0 Å². The fourth-order valence-electron chi connectivity index (χ4n) is 8.19. The van der Waals surface area contributed by atoms with Crippen LogP contribution >= 0.6 is 22.7 Å². The van der Waals surface area contributed by atoms with E-state index in [-0.39, 0.29) is 12.2 Å². The van der Waals surface area contributed by atoms with Crippen LogP contribution < -0.4 is 18.9 Å². The van der Waals surface area contributed by atoms with Crippen molar-refractivity contribution in [2.24, 2.45) is 0 Å². The largest absolute Gasteiger partial charge is 0.490 e. The zero-order chi connectivity index (χ0) is 49.6. The summed E-state index contributed by atoms with van der Waals surface area (Å²) in [6, 6.07) is 25.9. The maximum atomic E-state index is 12.4. The van der Waals surface area contributed by atoms with Crippen molar-refractivity contribution in [3.8, 4) is 65.7 Å². The number of nitriles is 2. The Morgan fingerprint density at radius 3 is 1.54 bits per heavy atom. The third-order valence-corrected chi connectivity index (χ3v) is 15.7. The van der Waals surface area contributed by atoms with E-state index in [1.807, 2.05) is 76.2 Å². The Balaban J connectivity index is 0.000000204. The molecule has 4 aromatic carbocycles. The third-order valence-electron chi connectivity index (χ3n) is 11.0. The van der Waals surface area contributed by atoms with Gasteiger partial charge in [0.05, 0.1) is 40.2 Å². The summed E-state index contributed by atoms with van der Waals surface area (Å²) in [6.45, 7) is 7.63. The molecule has 0 aliphatic heterocycles. The molecule has 69 heavy (non-hydrogen) atoms. The highest BCUT2D eigenvalue weighted by molar-refractivity contribution is 7.90. The van der Waals surface area contributed by atoms with Gasteiger partial charge in [0, 0.05) is 35.6 Å². The molecule has 2 aromatic heterocycles. The number of carbonyl (C=O) groups is 2. The van der Waals surface area contributed by atoms with Gasteiger partial charge in [0.15, 0.2) is 11.5 Å². The van der Waals surface area contributed by atoms with Crippen molar-refractivity contribution in [2.75, 3.05) is 18.6 Å². The summed E-state index contributed by atoms with van der Waals surface area (Å²) in [4.78, 5) is 33.3. The topological polar surface area (TPSA) is 248 Å². The zero-order valence-corrected chi connectivity index (χ0v) is 41.4. The van der Waals surface area contributed by atoms with Crippen LogP contribution in [0.4, 0.5) is 0 Å². The zero-order valence-electron chi connectivity index (χ0n) is 38.2. The lowest BCUT2D eigenvalue weighted by atomic mass is 10.0. The van der Waals surface area contributed by atoms with Gasteiger partial charge in [0.25, 0.3) is 0 Å². The average Bonchev–Trinajstić information content (AvgIpc) is 4.14. The molecule has 0 saturated carbocycles. The van der Waals surface area contributed by atoms with Gasteiger partial charge in [-0.1, -0.05) is 36.4 Å². The maximum Gasteiger partial charge on any atom is 0.322 e. The van der Waals surface area contributed by atoms with Crippen molar-refractivity contribution in [3.05, 3.63) is 119 Å². The van der Waals surface area contributed by atoms with Gasteiger partial charge in [-0.05, 0) is 123 Å². The molecule has 20 heteroatoms. The van der Waals surface area contributed by atoms with E-state index in [1.165, 1.54) is 22.7 Å². The molecule has 0 radical (unpaired) electrons. The van der Waals surface area contributed by atoms with Crippen molar-refractivity contribution < 1.29 is 45.7 Å². The summed E-state index contributed by atoms with van der Waals surface area (Å²) in [5.41, 5.74) is 8.35. The van der Waals surface area contributed by atoms with Gasteiger partial charge in [0.2, 0.25) is 20.0 Å². The smallest absolute Gasteiger partial charge is 0.322 e. The fraction of sp³-hybridized carbons (Fsp3) is 0.306. The molecule has 8 rings (SSSR count). The highest BCUT2D eigenvalue weighted by Gasteiger charge is 2.32. The van der Waals surface area contributed by atoms with Gasteiger partial charge in [-0.2, -0.15) is 10.5 Å². The number of thiazole rings is 2. The van der Waals surface area contributed by atoms with Gasteiger partial charge in [-0.25, -0.2) is 36.2 Å². The molecule has 0 bridgehead atoms. The Bertz CT molecular complexity index is 3230. The standard InChI is InChI=1S/C25H25N3O5S2.C24H23N3O5S2/c1-15(2)33-22-10-7-16(11-17(22)12-26)25-27-13-23(34-25)20-6-4-5-19-18(20)8-9-21(19)28-35(30,31)14-24(29)32-3;1-14(2)32-21-9-6-15(10-16(21)11-25)24-26-12-22(33-24)19-5-3-4-18-17(19)7-8-20(18)27-34(30,31)13-23(28)29/h4-7,10-11,13,15,21,28H,8-9,14H2,1-3H3;3-6,9-10,12,14,20,27H,7-8,13H2,1-2H3,(H,28,29)/t21-;20-/m00/s1. The number of esters is 1. The first-order valence-electron chi connectivity index (χ1n) is 21.7. The molecule has 2 atom stereocenters. The number of ether oxygens (including phenoxy) is 3. The van der Waals surface area contributed by atoms with Gasteiger partial charge in [-0.3, -0.25) is 9.59 Å². The van der Waals surface area contributed by atoms with Crippen LogP contribution in [0.15, 0.2) is 85.2 Å². The van der Waals surface area contributed by atoms with Crippen LogP contribution in [-0.2, 0) is 47.2 Å². The number of methoxy groups -OCH3 is 1. The number of sulfonamides is 2. The van der Waals surface area contributed by atoms with Crippen LogP contribution in [0.2, 0.25) is 0 Å². The molecule has 0 spiro atoms. The predicted octanol–water partition coefficient (Wildman–Crippen LogP) is 8.34. The first-order chi connectivity index (χ1) is 32.9. The Kier molecular flexibility index (Phi) is 15.6. The molecule has 0 saturated heterocycles. The van der Waals surface area contributed by atoms with E-state index in [2.05, 4.69) is 36.3 Å². The number of nitrogens with zero attached hydrogens (tertiary/aromatic N) is 4. The Morgan fingerprint density at radius 2 is 1.14 bits per heavy atom. The van der Waals surface area contributed by atoms with Crippen LogP contribution in [0, 0.1) is 22.7 Å². The number of carbonyl (C=O) groups excluding carboxylic acids is 1. The van der Waals surface area contributed by atoms with Crippen LogP contribution in [0.1, 0.15) is 86.0 Å². The lowest BCUT2D eigenvalue weighted by molar-refractivity contribution is -0.137. The number of carboxylic acids is 1. The fourth-order valence-corrected chi connectivity index (χ4v) is 12.4. The van der Waals surface area contributed by atoms with Gasteiger partial charge in [-0.15, -0.1) is 22.7 Å². The van der Waals surface area contributed by atoms with E-state index in [1.54, 1.807) is 36.7 Å².